The molecule has 0 fully saturated rings. The lowest BCUT2D eigenvalue weighted by Crippen LogP contribution is -2.06. The standard InChI is InChI=1S/C13H11FN4/c14-11-3-1-2-10(6-11)4-5-16-13-7-12(8-15)17-9-18-13/h1-3,6-7,9H,4-5H2,(H,16,17,18). The average Bonchev–Trinajstić information content (AvgIpc) is 2.39. The number of anilines is 1. The van der Waals surface area contributed by atoms with Gasteiger partial charge in [-0.15, -0.1) is 0 Å². The van der Waals surface area contributed by atoms with Gasteiger partial charge < -0.3 is 5.32 Å². The fraction of sp³-hybridized carbons (Fsp3) is 0.154. The zero-order chi connectivity index (χ0) is 12.8. The highest BCUT2D eigenvalue weighted by atomic mass is 19.1. The van der Waals surface area contributed by atoms with Gasteiger partial charge >= 0.3 is 0 Å². The van der Waals surface area contributed by atoms with Crippen LogP contribution in [0.4, 0.5) is 10.2 Å². The van der Waals surface area contributed by atoms with Crippen molar-refractivity contribution in [2.24, 2.45) is 0 Å². The Bertz CT molecular complexity index is 577. The summed E-state index contributed by atoms with van der Waals surface area (Å²) in [4.78, 5) is 7.76. The fourth-order valence-electron chi connectivity index (χ4n) is 1.54. The van der Waals surface area contributed by atoms with Crippen molar-refractivity contribution < 1.29 is 4.39 Å². The van der Waals surface area contributed by atoms with Gasteiger partial charge in [-0.05, 0) is 24.1 Å². The van der Waals surface area contributed by atoms with Crippen LogP contribution in [0, 0.1) is 17.1 Å². The van der Waals surface area contributed by atoms with Gasteiger partial charge in [-0.25, -0.2) is 14.4 Å². The van der Waals surface area contributed by atoms with E-state index in [0.29, 0.717) is 24.5 Å². The average molecular weight is 242 g/mol. The van der Waals surface area contributed by atoms with Crippen molar-refractivity contribution >= 4 is 5.82 Å². The number of benzene rings is 1. The van der Waals surface area contributed by atoms with Crippen LogP contribution in [0.1, 0.15) is 11.3 Å². The highest BCUT2D eigenvalue weighted by Gasteiger charge is 1.98. The highest BCUT2D eigenvalue weighted by molar-refractivity contribution is 5.38. The van der Waals surface area contributed by atoms with E-state index < -0.39 is 0 Å². The fourth-order valence-corrected chi connectivity index (χ4v) is 1.54. The quantitative estimate of drug-likeness (QED) is 0.892. The van der Waals surface area contributed by atoms with Gasteiger partial charge in [-0.1, -0.05) is 12.1 Å². The molecular weight excluding hydrogens is 231 g/mol. The van der Waals surface area contributed by atoms with E-state index in [-0.39, 0.29) is 5.82 Å². The van der Waals surface area contributed by atoms with Crippen LogP contribution < -0.4 is 5.32 Å². The molecule has 4 nitrogen and oxygen atoms in total. The summed E-state index contributed by atoms with van der Waals surface area (Å²) in [7, 11) is 0. The van der Waals surface area contributed by atoms with E-state index in [1.165, 1.54) is 18.5 Å². The zero-order valence-corrected chi connectivity index (χ0v) is 9.60. The van der Waals surface area contributed by atoms with E-state index in [4.69, 9.17) is 5.26 Å². The molecule has 90 valence electrons. The van der Waals surface area contributed by atoms with Crippen molar-refractivity contribution in [3.63, 3.8) is 0 Å². The van der Waals surface area contributed by atoms with Crippen LogP contribution in [0.5, 0.6) is 0 Å². The number of hydrogen-bond donors (Lipinski definition) is 1. The normalized spacial score (nSPS) is 9.78. The predicted octanol–water partition coefficient (Wildman–Crippen LogP) is 2.14. The topological polar surface area (TPSA) is 61.6 Å². The maximum absolute atomic E-state index is 12.9. The second kappa shape index (κ2) is 5.73. The molecular formula is C13H11FN4. The van der Waals surface area contributed by atoms with Crippen LogP contribution in [0.25, 0.3) is 0 Å². The van der Waals surface area contributed by atoms with Crippen LogP contribution in [0.15, 0.2) is 36.7 Å². The predicted molar refractivity (Wildman–Crippen MR) is 65.3 cm³/mol. The van der Waals surface area contributed by atoms with Crippen LogP contribution >= 0.6 is 0 Å². The molecule has 1 aromatic carbocycles. The van der Waals surface area contributed by atoms with Crippen LogP contribution in [0.3, 0.4) is 0 Å². The lowest BCUT2D eigenvalue weighted by molar-refractivity contribution is 0.625. The summed E-state index contributed by atoms with van der Waals surface area (Å²) in [5, 5.41) is 11.7. The molecule has 0 saturated heterocycles. The first-order valence-corrected chi connectivity index (χ1v) is 5.48. The Hall–Kier alpha value is -2.48. The number of nitrogens with one attached hydrogen (secondary N) is 1. The van der Waals surface area contributed by atoms with Gasteiger partial charge in [0.15, 0.2) is 0 Å². The van der Waals surface area contributed by atoms with Crippen molar-refractivity contribution in [2.45, 2.75) is 6.42 Å². The molecule has 0 aliphatic heterocycles. The number of hydrogen-bond acceptors (Lipinski definition) is 4. The van der Waals surface area contributed by atoms with E-state index >= 15 is 0 Å². The summed E-state index contributed by atoms with van der Waals surface area (Å²) < 4.78 is 12.9. The van der Waals surface area contributed by atoms with Gasteiger partial charge in [0.05, 0.1) is 0 Å². The molecule has 1 N–H and O–H groups in total. The Morgan fingerprint density at radius 1 is 1.28 bits per heavy atom. The van der Waals surface area contributed by atoms with Gasteiger partial charge in [0.2, 0.25) is 0 Å². The maximum Gasteiger partial charge on any atom is 0.145 e. The molecule has 2 aromatic rings. The van der Waals surface area contributed by atoms with E-state index in [0.717, 1.165) is 5.56 Å². The molecule has 5 heteroatoms. The van der Waals surface area contributed by atoms with Crippen molar-refractivity contribution in [1.29, 1.82) is 5.26 Å². The van der Waals surface area contributed by atoms with E-state index in [1.54, 1.807) is 12.1 Å². The van der Waals surface area contributed by atoms with Crippen molar-refractivity contribution in [3.8, 4) is 6.07 Å². The Labute approximate surface area is 104 Å². The third kappa shape index (κ3) is 3.25. The summed E-state index contributed by atoms with van der Waals surface area (Å²) in [6.07, 6.45) is 2.02. The first-order valence-electron chi connectivity index (χ1n) is 5.48. The second-order valence-corrected chi connectivity index (χ2v) is 3.71. The van der Waals surface area contributed by atoms with Gasteiger partial charge in [-0.3, -0.25) is 0 Å². The molecule has 0 aliphatic carbocycles. The Balaban J connectivity index is 1.90. The van der Waals surface area contributed by atoms with Crippen LogP contribution in [0.2, 0.25) is 0 Å². The zero-order valence-electron chi connectivity index (χ0n) is 9.60. The van der Waals surface area contributed by atoms with Gasteiger partial charge in [0.1, 0.15) is 29.7 Å². The summed E-state index contributed by atoms with van der Waals surface area (Å²) in [6.45, 7) is 0.616. The summed E-state index contributed by atoms with van der Waals surface area (Å²) in [6, 6.07) is 9.99. The number of aromatic nitrogens is 2. The van der Waals surface area contributed by atoms with Crippen LogP contribution in [-0.4, -0.2) is 16.5 Å². The summed E-state index contributed by atoms with van der Waals surface area (Å²) in [5.41, 5.74) is 1.23. The molecule has 0 unspecified atom stereocenters. The van der Waals surface area contributed by atoms with E-state index in [2.05, 4.69) is 15.3 Å². The van der Waals surface area contributed by atoms with Crippen molar-refractivity contribution in [1.82, 2.24) is 9.97 Å². The smallest absolute Gasteiger partial charge is 0.145 e. The molecule has 18 heavy (non-hydrogen) atoms. The molecule has 0 bridgehead atoms. The molecule has 0 saturated carbocycles. The number of nitriles is 1. The minimum absolute atomic E-state index is 0.235. The first-order chi connectivity index (χ1) is 8.78. The second-order valence-electron chi connectivity index (χ2n) is 3.71. The van der Waals surface area contributed by atoms with Gasteiger partial charge in [0, 0.05) is 12.6 Å². The third-order valence-corrected chi connectivity index (χ3v) is 2.39. The molecule has 0 aliphatic rings. The molecule has 1 aromatic heterocycles. The minimum atomic E-state index is -0.235. The lowest BCUT2D eigenvalue weighted by atomic mass is 10.1. The Morgan fingerprint density at radius 2 is 2.17 bits per heavy atom. The molecule has 0 atom stereocenters. The third-order valence-electron chi connectivity index (χ3n) is 2.39. The molecule has 0 spiro atoms. The first kappa shape index (κ1) is 12.0. The van der Waals surface area contributed by atoms with E-state index in [9.17, 15) is 4.39 Å². The lowest BCUT2D eigenvalue weighted by Gasteiger charge is -2.05. The van der Waals surface area contributed by atoms with Crippen LogP contribution in [-0.2, 0) is 6.42 Å². The van der Waals surface area contributed by atoms with E-state index in [1.807, 2.05) is 12.1 Å². The summed E-state index contributed by atoms with van der Waals surface area (Å²) in [5.74, 6) is 0.360. The SMILES string of the molecule is N#Cc1cc(NCCc2cccc(F)c2)ncn1. The van der Waals surface area contributed by atoms with Gasteiger partial charge in [-0.2, -0.15) is 5.26 Å². The maximum atomic E-state index is 12.9. The summed E-state index contributed by atoms with van der Waals surface area (Å²) >= 11 is 0. The van der Waals surface area contributed by atoms with Crippen molar-refractivity contribution in [2.75, 3.05) is 11.9 Å². The molecule has 1 heterocycles. The highest BCUT2D eigenvalue weighted by Crippen LogP contribution is 2.06. The van der Waals surface area contributed by atoms with Crippen molar-refractivity contribution in [3.05, 3.63) is 53.7 Å². The molecule has 2 rings (SSSR count). The Kier molecular flexibility index (Phi) is 3.82. The number of halogens is 1. The molecule has 0 amide bonds. The number of rotatable bonds is 4. The Morgan fingerprint density at radius 3 is 2.94 bits per heavy atom. The largest absolute Gasteiger partial charge is 0.370 e. The minimum Gasteiger partial charge on any atom is -0.370 e. The number of nitrogens with zero attached hydrogens (tertiary/aromatic N) is 3. The van der Waals surface area contributed by atoms with Gasteiger partial charge in [0.25, 0.3) is 0 Å². The monoisotopic (exact) mass is 242 g/mol. The molecule has 0 radical (unpaired) electrons.